The summed E-state index contributed by atoms with van der Waals surface area (Å²) < 4.78 is 54.6. The van der Waals surface area contributed by atoms with E-state index in [0.29, 0.717) is 6.54 Å². The number of likely N-dealkylation sites (tertiary alicyclic amines) is 1. The Morgan fingerprint density at radius 2 is 1.57 bits per heavy atom. The van der Waals surface area contributed by atoms with E-state index in [-0.39, 0.29) is 27.8 Å². The highest BCUT2D eigenvalue weighted by Crippen LogP contribution is 2.23. The zero-order chi connectivity index (χ0) is 20.5. The molecule has 1 aromatic rings. The van der Waals surface area contributed by atoms with Crippen LogP contribution in [0.3, 0.4) is 0 Å². The van der Waals surface area contributed by atoms with Gasteiger partial charge in [-0.15, -0.1) is 0 Å². The lowest BCUT2D eigenvalue weighted by molar-refractivity contribution is -0.135. The van der Waals surface area contributed by atoms with E-state index in [0.717, 1.165) is 32.1 Å². The molecule has 1 heterocycles. The Morgan fingerprint density at radius 3 is 2.11 bits per heavy atom. The minimum atomic E-state index is -3.95. The third-order valence-electron chi connectivity index (χ3n) is 5.13. The lowest BCUT2D eigenvalue weighted by Gasteiger charge is -2.35. The molecule has 2 atom stereocenters. The average molecular weight is 430 g/mol. The molecule has 1 amide bonds. The molecule has 0 spiro atoms. The number of carbonyl (C=O) groups excluding carboxylic acids is 1. The number of benzene rings is 1. The van der Waals surface area contributed by atoms with E-state index in [1.165, 1.54) is 31.2 Å². The summed E-state index contributed by atoms with van der Waals surface area (Å²) in [5.74, 6) is -0.247. The molecule has 0 radical (unpaired) electrons. The second-order valence-electron chi connectivity index (χ2n) is 7.59. The van der Waals surface area contributed by atoms with Crippen LogP contribution in [0.4, 0.5) is 0 Å². The summed E-state index contributed by atoms with van der Waals surface area (Å²) in [6, 6.07) is 4.17. The Kier molecular flexibility index (Phi) is 6.14. The smallest absolute Gasteiger partial charge is 0.241 e. The van der Waals surface area contributed by atoms with Gasteiger partial charge in [-0.3, -0.25) is 4.79 Å². The fourth-order valence-electron chi connectivity index (χ4n) is 3.31. The molecule has 28 heavy (non-hydrogen) atoms. The van der Waals surface area contributed by atoms with E-state index >= 15 is 0 Å². The summed E-state index contributed by atoms with van der Waals surface area (Å²) in [5.41, 5.74) is 0. The van der Waals surface area contributed by atoms with E-state index in [1.807, 2.05) is 6.92 Å². The predicted molar refractivity (Wildman–Crippen MR) is 105 cm³/mol. The largest absolute Gasteiger partial charge is 0.339 e. The Balaban J connectivity index is 1.69. The van der Waals surface area contributed by atoms with E-state index in [2.05, 4.69) is 9.44 Å². The van der Waals surface area contributed by atoms with E-state index in [4.69, 9.17) is 0 Å². The van der Waals surface area contributed by atoms with Gasteiger partial charge >= 0.3 is 0 Å². The molecule has 2 fully saturated rings. The van der Waals surface area contributed by atoms with Crippen LogP contribution < -0.4 is 9.44 Å². The molecule has 1 aromatic carbocycles. The van der Waals surface area contributed by atoms with Crippen molar-refractivity contribution < 1.29 is 21.6 Å². The standard InChI is InChI=1S/C18H27N3O5S2/c1-13-5-3-4-12-21(13)18(22)14(2)19-27(23,24)16-8-10-17(11-9-16)28(25,26)20-15-6-7-15/h8-11,13-15,19-20H,3-7,12H2,1-2H3. The fraction of sp³-hybridized carbons (Fsp3) is 0.611. The van der Waals surface area contributed by atoms with Gasteiger partial charge in [-0.2, -0.15) is 4.72 Å². The van der Waals surface area contributed by atoms with Crippen molar-refractivity contribution in [1.82, 2.24) is 14.3 Å². The second kappa shape index (κ2) is 8.10. The lowest BCUT2D eigenvalue weighted by Crippen LogP contribution is -2.51. The first kappa shape index (κ1) is 21.2. The molecule has 10 heteroatoms. The third-order valence-corrected chi connectivity index (χ3v) is 8.22. The second-order valence-corrected chi connectivity index (χ2v) is 11.0. The van der Waals surface area contributed by atoms with E-state index < -0.39 is 26.1 Å². The molecule has 1 saturated carbocycles. The van der Waals surface area contributed by atoms with Crippen LogP contribution in [0.2, 0.25) is 0 Å². The number of hydrogen-bond acceptors (Lipinski definition) is 5. The van der Waals surface area contributed by atoms with Crippen LogP contribution in [0.15, 0.2) is 34.1 Å². The molecule has 8 nitrogen and oxygen atoms in total. The number of rotatable bonds is 7. The van der Waals surface area contributed by atoms with Crippen molar-refractivity contribution in [2.45, 2.75) is 73.9 Å². The minimum Gasteiger partial charge on any atom is -0.339 e. The summed E-state index contributed by atoms with van der Waals surface area (Å²) >= 11 is 0. The number of nitrogens with one attached hydrogen (secondary N) is 2. The van der Waals surface area contributed by atoms with Gasteiger partial charge in [0.15, 0.2) is 0 Å². The van der Waals surface area contributed by atoms with Crippen molar-refractivity contribution in [2.75, 3.05) is 6.54 Å². The van der Waals surface area contributed by atoms with Gasteiger partial charge in [-0.1, -0.05) is 0 Å². The Hall–Kier alpha value is -1.49. The summed E-state index contributed by atoms with van der Waals surface area (Å²) in [6.07, 6.45) is 4.53. The van der Waals surface area contributed by atoms with Crippen molar-refractivity contribution in [3.8, 4) is 0 Å². The maximum Gasteiger partial charge on any atom is 0.241 e. The minimum absolute atomic E-state index is 0.0182. The molecule has 1 aliphatic heterocycles. The number of sulfonamides is 2. The Morgan fingerprint density at radius 1 is 1.00 bits per heavy atom. The van der Waals surface area contributed by atoms with Gasteiger partial charge in [-0.25, -0.2) is 21.6 Å². The monoisotopic (exact) mass is 429 g/mol. The van der Waals surface area contributed by atoms with Crippen LogP contribution in [-0.4, -0.2) is 52.3 Å². The topological polar surface area (TPSA) is 113 Å². The molecule has 1 aliphatic carbocycles. The molecular weight excluding hydrogens is 402 g/mol. The van der Waals surface area contributed by atoms with Gasteiger partial charge in [0.2, 0.25) is 26.0 Å². The van der Waals surface area contributed by atoms with Crippen molar-refractivity contribution in [2.24, 2.45) is 0 Å². The molecule has 0 bridgehead atoms. The first-order chi connectivity index (χ1) is 13.1. The predicted octanol–water partition coefficient (Wildman–Crippen LogP) is 1.20. The third kappa shape index (κ3) is 4.91. The van der Waals surface area contributed by atoms with Crippen LogP contribution in [0.25, 0.3) is 0 Å². The van der Waals surface area contributed by atoms with Crippen LogP contribution in [0.5, 0.6) is 0 Å². The number of nitrogens with zero attached hydrogens (tertiary/aromatic N) is 1. The van der Waals surface area contributed by atoms with Crippen LogP contribution in [0.1, 0.15) is 46.0 Å². The van der Waals surface area contributed by atoms with Gasteiger partial charge in [0.1, 0.15) is 0 Å². The Labute approximate surface area is 166 Å². The lowest BCUT2D eigenvalue weighted by atomic mass is 10.0. The molecule has 0 aromatic heterocycles. The zero-order valence-electron chi connectivity index (χ0n) is 16.1. The highest BCUT2D eigenvalue weighted by Gasteiger charge is 2.31. The first-order valence-corrected chi connectivity index (χ1v) is 12.5. The van der Waals surface area contributed by atoms with Gasteiger partial charge < -0.3 is 4.90 Å². The molecule has 2 unspecified atom stereocenters. The SMILES string of the molecule is CC(NS(=O)(=O)c1ccc(S(=O)(=O)NC2CC2)cc1)C(=O)N1CCCCC1C. The van der Waals surface area contributed by atoms with Crippen LogP contribution in [0, 0.1) is 0 Å². The van der Waals surface area contributed by atoms with Gasteiger partial charge in [-0.05, 0) is 70.2 Å². The summed E-state index contributed by atoms with van der Waals surface area (Å²) in [4.78, 5) is 14.3. The van der Waals surface area contributed by atoms with Gasteiger partial charge in [0.05, 0.1) is 15.8 Å². The Bertz CT molecular complexity index is 924. The van der Waals surface area contributed by atoms with Gasteiger partial charge in [0, 0.05) is 18.6 Å². The molecule has 3 rings (SSSR count). The van der Waals surface area contributed by atoms with Gasteiger partial charge in [0.25, 0.3) is 0 Å². The summed E-state index contributed by atoms with van der Waals surface area (Å²) in [6.45, 7) is 4.12. The van der Waals surface area contributed by atoms with Crippen molar-refractivity contribution in [1.29, 1.82) is 0 Å². The fourth-order valence-corrected chi connectivity index (χ4v) is 5.81. The molecule has 2 aliphatic rings. The molecule has 156 valence electrons. The first-order valence-electron chi connectivity index (χ1n) is 9.55. The maximum atomic E-state index is 12.6. The van der Waals surface area contributed by atoms with Crippen molar-refractivity contribution >= 4 is 26.0 Å². The quantitative estimate of drug-likeness (QED) is 0.676. The molecule has 1 saturated heterocycles. The van der Waals surface area contributed by atoms with Crippen molar-refractivity contribution in [3.05, 3.63) is 24.3 Å². The number of carbonyl (C=O) groups is 1. The highest BCUT2D eigenvalue weighted by atomic mass is 32.2. The number of piperidine rings is 1. The zero-order valence-corrected chi connectivity index (χ0v) is 17.7. The highest BCUT2D eigenvalue weighted by molar-refractivity contribution is 7.90. The van der Waals surface area contributed by atoms with E-state index in [1.54, 1.807) is 4.90 Å². The number of amides is 1. The number of hydrogen-bond donors (Lipinski definition) is 2. The summed E-state index contributed by atoms with van der Waals surface area (Å²) in [5, 5.41) is 0. The van der Waals surface area contributed by atoms with E-state index in [9.17, 15) is 21.6 Å². The normalized spacial score (nSPS) is 22.1. The van der Waals surface area contributed by atoms with Crippen LogP contribution in [-0.2, 0) is 24.8 Å². The average Bonchev–Trinajstić information content (AvgIpc) is 3.44. The maximum absolute atomic E-state index is 12.6. The molecular formula is C18H27N3O5S2. The van der Waals surface area contributed by atoms with Crippen molar-refractivity contribution in [3.63, 3.8) is 0 Å². The summed E-state index contributed by atoms with van der Waals surface area (Å²) in [7, 11) is -7.59. The van der Waals surface area contributed by atoms with Crippen LogP contribution >= 0.6 is 0 Å². The molecule has 2 N–H and O–H groups in total.